The normalized spacial score (nSPS) is 10.2. The number of rotatable bonds is 4. The maximum atomic E-state index is 12.4. The van der Waals surface area contributed by atoms with Crippen molar-refractivity contribution in [1.29, 1.82) is 0 Å². The van der Waals surface area contributed by atoms with E-state index in [2.05, 4.69) is 15.5 Å². The quantitative estimate of drug-likeness (QED) is 0.785. The van der Waals surface area contributed by atoms with Gasteiger partial charge in [-0.15, -0.1) is 5.10 Å². The Hall–Kier alpha value is -3.21. The molecule has 0 aliphatic rings. The highest BCUT2D eigenvalue weighted by molar-refractivity contribution is 6.04. The van der Waals surface area contributed by atoms with Gasteiger partial charge in [-0.05, 0) is 55.8 Å². The van der Waals surface area contributed by atoms with Crippen molar-refractivity contribution in [2.75, 3.05) is 5.32 Å². The van der Waals surface area contributed by atoms with Crippen LogP contribution in [0.1, 0.15) is 21.6 Å². The SMILES string of the molecule is Cc1cccc(NC(=O)c2cccc(Oc3ccc(C)nn3)c2)c1. The van der Waals surface area contributed by atoms with Crippen molar-refractivity contribution in [2.45, 2.75) is 13.8 Å². The van der Waals surface area contributed by atoms with Crippen LogP contribution in [-0.4, -0.2) is 16.1 Å². The molecule has 0 saturated heterocycles. The van der Waals surface area contributed by atoms with E-state index in [0.29, 0.717) is 17.2 Å². The number of hydrogen-bond donors (Lipinski definition) is 1. The number of hydrogen-bond acceptors (Lipinski definition) is 4. The van der Waals surface area contributed by atoms with Gasteiger partial charge in [0.15, 0.2) is 0 Å². The Morgan fingerprint density at radius 2 is 1.79 bits per heavy atom. The van der Waals surface area contributed by atoms with Crippen LogP contribution in [0.15, 0.2) is 60.7 Å². The summed E-state index contributed by atoms with van der Waals surface area (Å²) < 4.78 is 5.64. The fourth-order valence-corrected chi connectivity index (χ4v) is 2.19. The summed E-state index contributed by atoms with van der Waals surface area (Å²) in [6.07, 6.45) is 0. The van der Waals surface area contributed by atoms with E-state index in [9.17, 15) is 4.79 Å². The van der Waals surface area contributed by atoms with E-state index < -0.39 is 0 Å². The average molecular weight is 319 g/mol. The van der Waals surface area contributed by atoms with Gasteiger partial charge in [-0.25, -0.2) is 0 Å². The van der Waals surface area contributed by atoms with Crippen LogP contribution in [0.5, 0.6) is 11.6 Å². The van der Waals surface area contributed by atoms with E-state index >= 15 is 0 Å². The fraction of sp³-hybridized carbons (Fsp3) is 0.105. The van der Waals surface area contributed by atoms with Gasteiger partial charge in [0.2, 0.25) is 5.88 Å². The summed E-state index contributed by atoms with van der Waals surface area (Å²) in [6, 6.07) is 18.2. The van der Waals surface area contributed by atoms with Gasteiger partial charge < -0.3 is 10.1 Å². The van der Waals surface area contributed by atoms with Gasteiger partial charge in [-0.1, -0.05) is 18.2 Å². The Labute approximate surface area is 140 Å². The first-order valence-corrected chi connectivity index (χ1v) is 7.56. The topological polar surface area (TPSA) is 64.1 Å². The summed E-state index contributed by atoms with van der Waals surface area (Å²) in [4.78, 5) is 12.4. The molecule has 5 heteroatoms. The van der Waals surface area contributed by atoms with Gasteiger partial charge in [0.1, 0.15) is 5.75 Å². The Morgan fingerprint density at radius 1 is 0.958 bits per heavy atom. The molecule has 0 saturated carbocycles. The molecule has 2 aromatic carbocycles. The fourth-order valence-electron chi connectivity index (χ4n) is 2.19. The lowest BCUT2D eigenvalue weighted by Crippen LogP contribution is -2.11. The van der Waals surface area contributed by atoms with Crippen molar-refractivity contribution in [3.05, 3.63) is 77.5 Å². The average Bonchev–Trinajstić information content (AvgIpc) is 2.57. The largest absolute Gasteiger partial charge is 0.438 e. The third kappa shape index (κ3) is 3.95. The molecular formula is C19H17N3O2. The molecule has 1 N–H and O–H groups in total. The zero-order valence-electron chi connectivity index (χ0n) is 13.5. The van der Waals surface area contributed by atoms with Crippen LogP contribution >= 0.6 is 0 Å². The highest BCUT2D eigenvalue weighted by Gasteiger charge is 2.08. The Bertz CT molecular complexity index is 860. The zero-order chi connectivity index (χ0) is 16.9. The lowest BCUT2D eigenvalue weighted by molar-refractivity contribution is 0.102. The van der Waals surface area contributed by atoms with Crippen LogP contribution in [0, 0.1) is 13.8 Å². The molecule has 0 fully saturated rings. The van der Waals surface area contributed by atoms with E-state index in [0.717, 1.165) is 16.9 Å². The summed E-state index contributed by atoms with van der Waals surface area (Å²) in [5, 5.41) is 10.8. The lowest BCUT2D eigenvalue weighted by atomic mass is 10.2. The summed E-state index contributed by atoms with van der Waals surface area (Å²) in [7, 11) is 0. The van der Waals surface area contributed by atoms with Crippen LogP contribution in [0.25, 0.3) is 0 Å². The molecule has 3 aromatic rings. The van der Waals surface area contributed by atoms with Crippen LogP contribution in [0.4, 0.5) is 5.69 Å². The maximum absolute atomic E-state index is 12.4. The number of benzene rings is 2. The molecule has 120 valence electrons. The summed E-state index contributed by atoms with van der Waals surface area (Å²) in [5.74, 6) is 0.725. The molecule has 0 unspecified atom stereocenters. The number of carbonyl (C=O) groups is 1. The summed E-state index contributed by atoms with van der Waals surface area (Å²) in [6.45, 7) is 3.83. The van der Waals surface area contributed by atoms with Gasteiger partial charge >= 0.3 is 0 Å². The van der Waals surface area contributed by atoms with Crippen molar-refractivity contribution in [2.24, 2.45) is 0 Å². The molecule has 0 spiro atoms. The predicted molar refractivity (Wildman–Crippen MR) is 92.4 cm³/mol. The van der Waals surface area contributed by atoms with E-state index in [-0.39, 0.29) is 5.91 Å². The number of aromatic nitrogens is 2. The number of nitrogens with zero attached hydrogens (tertiary/aromatic N) is 2. The first-order chi connectivity index (χ1) is 11.6. The number of ether oxygens (including phenoxy) is 1. The molecule has 0 aliphatic heterocycles. The molecule has 1 heterocycles. The van der Waals surface area contributed by atoms with Gasteiger partial charge in [0.25, 0.3) is 5.91 Å². The van der Waals surface area contributed by atoms with E-state index in [1.807, 2.05) is 44.2 Å². The number of nitrogens with one attached hydrogen (secondary N) is 1. The zero-order valence-corrected chi connectivity index (χ0v) is 13.5. The number of amides is 1. The minimum Gasteiger partial charge on any atom is -0.438 e. The molecule has 1 aromatic heterocycles. The third-order valence-corrected chi connectivity index (χ3v) is 3.37. The van der Waals surface area contributed by atoms with Gasteiger partial charge in [-0.3, -0.25) is 4.79 Å². The highest BCUT2D eigenvalue weighted by atomic mass is 16.5. The number of anilines is 1. The van der Waals surface area contributed by atoms with E-state index in [1.54, 1.807) is 30.3 Å². The Morgan fingerprint density at radius 3 is 2.54 bits per heavy atom. The minimum absolute atomic E-state index is 0.193. The number of carbonyl (C=O) groups excluding carboxylic acids is 1. The minimum atomic E-state index is -0.193. The van der Waals surface area contributed by atoms with E-state index in [4.69, 9.17) is 4.74 Å². The molecule has 5 nitrogen and oxygen atoms in total. The van der Waals surface area contributed by atoms with Crippen molar-refractivity contribution < 1.29 is 9.53 Å². The molecule has 3 rings (SSSR count). The lowest BCUT2D eigenvalue weighted by Gasteiger charge is -2.08. The Balaban J connectivity index is 1.74. The summed E-state index contributed by atoms with van der Waals surface area (Å²) in [5.41, 5.74) is 3.17. The highest BCUT2D eigenvalue weighted by Crippen LogP contribution is 2.21. The smallest absolute Gasteiger partial charge is 0.255 e. The van der Waals surface area contributed by atoms with E-state index in [1.165, 1.54) is 0 Å². The summed E-state index contributed by atoms with van der Waals surface area (Å²) >= 11 is 0. The molecule has 1 amide bonds. The predicted octanol–water partition coefficient (Wildman–Crippen LogP) is 4.14. The van der Waals surface area contributed by atoms with Crippen LogP contribution in [-0.2, 0) is 0 Å². The standard InChI is InChI=1S/C19H17N3O2/c1-13-5-3-7-16(11-13)20-19(23)15-6-4-8-17(12-15)24-18-10-9-14(2)21-22-18/h3-12H,1-2H3,(H,20,23). The second-order valence-electron chi connectivity index (χ2n) is 5.47. The second kappa shape index (κ2) is 6.91. The van der Waals surface area contributed by atoms with Crippen molar-refractivity contribution in [3.8, 4) is 11.6 Å². The van der Waals surface area contributed by atoms with Crippen molar-refractivity contribution in [1.82, 2.24) is 10.2 Å². The Kier molecular flexibility index (Phi) is 4.52. The van der Waals surface area contributed by atoms with Gasteiger partial charge in [0.05, 0.1) is 5.69 Å². The van der Waals surface area contributed by atoms with Crippen molar-refractivity contribution >= 4 is 11.6 Å². The van der Waals surface area contributed by atoms with Crippen LogP contribution in [0.3, 0.4) is 0 Å². The molecular weight excluding hydrogens is 302 g/mol. The molecule has 24 heavy (non-hydrogen) atoms. The van der Waals surface area contributed by atoms with Crippen LogP contribution < -0.4 is 10.1 Å². The monoisotopic (exact) mass is 319 g/mol. The van der Waals surface area contributed by atoms with Crippen LogP contribution in [0.2, 0.25) is 0 Å². The number of aryl methyl sites for hydroxylation is 2. The third-order valence-electron chi connectivity index (χ3n) is 3.37. The van der Waals surface area contributed by atoms with Gasteiger partial charge in [0, 0.05) is 17.3 Å². The van der Waals surface area contributed by atoms with Gasteiger partial charge in [-0.2, -0.15) is 5.10 Å². The van der Waals surface area contributed by atoms with Crippen molar-refractivity contribution in [3.63, 3.8) is 0 Å². The molecule has 0 bridgehead atoms. The first-order valence-electron chi connectivity index (χ1n) is 7.56. The second-order valence-corrected chi connectivity index (χ2v) is 5.47. The molecule has 0 atom stereocenters. The maximum Gasteiger partial charge on any atom is 0.255 e. The first kappa shape index (κ1) is 15.7. The molecule has 0 aliphatic carbocycles. The molecule has 0 radical (unpaired) electrons.